The van der Waals surface area contributed by atoms with Crippen molar-refractivity contribution in [2.45, 2.75) is 32.4 Å². The van der Waals surface area contributed by atoms with E-state index < -0.39 is 18.0 Å². The lowest BCUT2D eigenvalue weighted by molar-refractivity contribution is -0.139. The number of carbonyl (C=O) groups excluding carboxylic acids is 1. The van der Waals surface area contributed by atoms with Crippen molar-refractivity contribution in [3.8, 4) is 0 Å². The lowest BCUT2D eigenvalue weighted by Crippen LogP contribution is -2.51. The normalized spacial score (nSPS) is 21.5. The van der Waals surface area contributed by atoms with E-state index >= 15 is 0 Å². The minimum atomic E-state index is -1.01. The number of carboxylic acids is 1. The molecule has 7 nitrogen and oxygen atoms in total. The van der Waals surface area contributed by atoms with Gasteiger partial charge in [-0.2, -0.15) is 0 Å². The smallest absolute Gasteiger partial charge is 0.326 e. The second kappa shape index (κ2) is 8.06. The number of carboxylic acid groups (broad SMARTS) is 1. The minimum absolute atomic E-state index is 0.0483. The molecular weight excluding hydrogens is 262 g/mol. The third-order valence-electron chi connectivity index (χ3n) is 3.14. The predicted molar refractivity (Wildman–Crippen MR) is 74.7 cm³/mol. The number of hydrogen-bond acceptors (Lipinski definition) is 4. The summed E-state index contributed by atoms with van der Waals surface area (Å²) in [4.78, 5) is 24.9. The van der Waals surface area contributed by atoms with Crippen LogP contribution in [0.15, 0.2) is 0 Å². The molecule has 1 saturated heterocycles. The molecule has 0 radical (unpaired) electrons. The number of carbonyl (C=O) groups is 2. The summed E-state index contributed by atoms with van der Waals surface area (Å²) in [7, 11) is 2.00. The van der Waals surface area contributed by atoms with Gasteiger partial charge in [0.1, 0.15) is 6.04 Å². The Morgan fingerprint density at radius 1 is 1.45 bits per heavy atom. The number of nitrogens with one attached hydrogen (secondary N) is 2. The van der Waals surface area contributed by atoms with Crippen LogP contribution in [0.2, 0.25) is 0 Å². The number of aliphatic carboxylic acids is 1. The van der Waals surface area contributed by atoms with Gasteiger partial charge in [-0.05, 0) is 19.4 Å². The molecule has 1 rings (SSSR count). The van der Waals surface area contributed by atoms with Gasteiger partial charge in [0.2, 0.25) is 0 Å². The van der Waals surface area contributed by atoms with Crippen LogP contribution in [0, 0.1) is 5.92 Å². The van der Waals surface area contributed by atoms with Crippen LogP contribution in [0.25, 0.3) is 0 Å². The molecule has 7 heteroatoms. The van der Waals surface area contributed by atoms with Crippen LogP contribution in [0.4, 0.5) is 4.79 Å². The second-order valence-corrected chi connectivity index (χ2v) is 5.63. The Morgan fingerprint density at radius 2 is 2.15 bits per heavy atom. The van der Waals surface area contributed by atoms with Gasteiger partial charge in [-0.25, -0.2) is 9.59 Å². The number of likely N-dealkylation sites (N-methyl/N-ethyl adjacent to an activating group) is 1. The molecule has 3 N–H and O–H groups in total. The van der Waals surface area contributed by atoms with Crippen molar-refractivity contribution in [1.29, 1.82) is 0 Å². The Bertz CT molecular complexity index is 336. The topological polar surface area (TPSA) is 90.9 Å². The standard InChI is InChI=1S/C13H25N3O4/c1-9(2)6-11(12(17)18)15-13(19)14-7-10-8-16(3)4-5-20-10/h9-11H,4-8H2,1-3H3,(H,17,18)(H2,14,15,19)/t10?,11-/m1/s1. The van der Waals surface area contributed by atoms with Gasteiger partial charge < -0.3 is 25.4 Å². The highest BCUT2D eigenvalue weighted by Gasteiger charge is 2.22. The molecule has 0 aromatic carbocycles. The van der Waals surface area contributed by atoms with Gasteiger partial charge in [-0.1, -0.05) is 13.8 Å². The molecule has 116 valence electrons. The van der Waals surface area contributed by atoms with Gasteiger partial charge in [0.15, 0.2) is 0 Å². The monoisotopic (exact) mass is 287 g/mol. The molecule has 1 fully saturated rings. The highest BCUT2D eigenvalue weighted by atomic mass is 16.5. The van der Waals surface area contributed by atoms with E-state index in [0.717, 1.165) is 13.1 Å². The van der Waals surface area contributed by atoms with Crippen molar-refractivity contribution >= 4 is 12.0 Å². The minimum Gasteiger partial charge on any atom is -0.480 e. The number of morpholine rings is 1. The average Bonchev–Trinajstić information content (AvgIpc) is 2.35. The number of rotatable bonds is 6. The van der Waals surface area contributed by atoms with Crippen LogP contribution in [0.5, 0.6) is 0 Å². The molecule has 0 aliphatic carbocycles. The first-order valence-corrected chi connectivity index (χ1v) is 6.95. The van der Waals surface area contributed by atoms with E-state index in [2.05, 4.69) is 15.5 Å². The summed E-state index contributed by atoms with van der Waals surface area (Å²) in [5.41, 5.74) is 0. The maximum Gasteiger partial charge on any atom is 0.326 e. The summed E-state index contributed by atoms with van der Waals surface area (Å²) in [6, 6.07) is -1.32. The summed E-state index contributed by atoms with van der Waals surface area (Å²) in [5, 5.41) is 14.2. The van der Waals surface area contributed by atoms with Crippen LogP contribution in [0.1, 0.15) is 20.3 Å². The molecule has 20 heavy (non-hydrogen) atoms. The van der Waals surface area contributed by atoms with Crippen molar-refractivity contribution in [2.24, 2.45) is 5.92 Å². The lowest BCUT2D eigenvalue weighted by Gasteiger charge is -2.30. The van der Waals surface area contributed by atoms with E-state index in [9.17, 15) is 9.59 Å². The SMILES string of the molecule is CC(C)C[C@@H](NC(=O)NCC1CN(C)CCO1)C(=O)O. The number of hydrogen-bond donors (Lipinski definition) is 3. The van der Waals surface area contributed by atoms with E-state index in [1.165, 1.54) is 0 Å². The number of nitrogens with zero attached hydrogens (tertiary/aromatic N) is 1. The van der Waals surface area contributed by atoms with E-state index in [1.54, 1.807) is 0 Å². The second-order valence-electron chi connectivity index (χ2n) is 5.63. The molecule has 0 saturated carbocycles. The van der Waals surface area contributed by atoms with Gasteiger partial charge in [0, 0.05) is 19.6 Å². The molecule has 1 unspecified atom stereocenters. The van der Waals surface area contributed by atoms with E-state index in [4.69, 9.17) is 9.84 Å². The molecular formula is C13H25N3O4. The lowest BCUT2D eigenvalue weighted by atomic mass is 10.0. The van der Waals surface area contributed by atoms with Gasteiger partial charge in [0.05, 0.1) is 12.7 Å². The van der Waals surface area contributed by atoms with Crippen molar-refractivity contribution in [3.63, 3.8) is 0 Å². The van der Waals surface area contributed by atoms with Gasteiger partial charge in [-0.3, -0.25) is 0 Å². The van der Waals surface area contributed by atoms with Gasteiger partial charge in [-0.15, -0.1) is 0 Å². The van der Waals surface area contributed by atoms with E-state index in [1.807, 2.05) is 20.9 Å². The van der Waals surface area contributed by atoms with Crippen LogP contribution in [-0.4, -0.2) is 67.4 Å². The zero-order valence-corrected chi connectivity index (χ0v) is 12.4. The number of amides is 2. The maximum atomic E-state index is 11.7. The van der Waals surface area contributed by atoms with Crippen molar-refractivity contribution in [3.05, 3.63) is 0 Å². The Labute approximate surface area is 119 Å². The van der Waals surface area contributed by atoms with Crippen molar-refractivity contribution in [1.82, 2.24) is 15.5 Å². The van der Waals surface area contributed by atoms with E-state index in [0.29, 0.717) is 19.6 Å². The summed E-state index contributed by atoms with van der Waals surface area (Å²) >= 11 is 0. The molecule has 1 aliphatic rings. The third kappa shape index (κ3) is 6.21. The Balaban J connectivity index is 2.32. The van der Waals surface area contributed by atoms with Crippen LogP contribution < -0.4 is 10.6 Å². The molecule has 2 amide bonds. The van der Waals surface area contributed by atoms with Crippen LogP contribution >= 0.6 is 0 Å². The summed E-state index contributed by atoms with van der Waals surface area (Å²) in [6.07, 6.45) is 0.360. The highest BCUT2D eigenvalue weighted by Crippen LogP contribution is 2.05. The van der Waals surface area contributed by atoms with Crippen LogP contribution in [-0.2, 0) is 9.53 Å². The Hall–Kier alpha value is -1.34. The van der Waals surface area contributed by atoms with Gasteiger partial charge >= 0.3 is 12.0 Å². The van der Waals surface area contributed by atoms with Crippen molar-refractivity contribution in [2.75, 3.05) is 33.3 Å². The Morgan fingerprint density at radius 3 is 2.70 bits per heavy atom. The molecule has 1 aliphatic heterocycles. The quantitative estimate of drug-likeness (QED) is 0.645. The molecule has 0 bridgehead atoms. The summed E-state index contributed by atoms with van der Waals surface area (Å²) in [5.74, 6) is -0.811. The zero-order valence-electron chi connectivity index (χ0n) is 12.4. The number of urea groups is 1. The molecule has 0 spiro atoms. The largest absolute Gasteiger partial charge is 0.480 e. The highest BCUT2D eigenvalue weighted by molar-refractivity contribution is 5.82. The van der Waals surface area contributed by atoms with Gasteiger partial charge in [0.25, 0.3) is 0 Å². The van der Waals surface area contributed by atoms with Crippen LogP contribution in [0.3, 0.4) is 0 Å². The fourth-order valence-corrected chi connectivity index (χ4v) is 2.10. The number of ether oxygens (including phenoxy) is 1. The summed E-state index contributed by atoms with van der Waals surface area (Å²) < 4.78 is 5.52. The molecule has 0 aromatic rings. The van der Waals surface area contributed by atoms with E-state index in [-0.39, 0.29) is 12.0 Å². The summed E-state index contributed by atoms with van der Waals surface area (Å²) in [6.45, 7) is 6.51. The Kier molecular flexibility index (Phi) is 6.74. The molecule has 0 aromatic heterocycles. The first kappa shape index (κ1) is 16.7. The predicted octanol–water partition coefficient (Wildman–Crippen LogP) is 0.116. The first-order valence-electron chi connectivity index (χ1n) is 6.95. The third-order valence-corrected chi connectivity index (χ3v) is 3.14. The molecule has 2 atom stereocenters. The zero-order chi connectivity index (χ0) is 15.1. The average molecular weight is 287 g/mol. The fraction of sp³-hybridized carbons (Fsp3) is 0.846. The fourth-order valence-electron chi connectivity index (χ4n) is 2.10. The van der Waals surface area contributed by atoms with Crippen molar-refractivity contribution < 1.29 is 19.4 Å². The maximum absolute atomic E-state index is 11.7. The first-order chi connectivity index (χ1) is 9.38. The molecule has 1 heterocycles.